The van der Waals surface area contributed by atoms with E-state index in [1.807, 2.05) is 0 Å². The van der Waals surface area contributed by atoms with Gasteiger partial charge in [-0.25, -0.2) is 28.8 Å². The number of carbonyl (C=O) groups excluding carboxylic acids is 4. The molecule has 3 aromatic rings. The lowest BCUT2D eigenvalue weighted by Crippen LogP contribution is -2.14. The Labute approximate surface area is 305 Å². The molecule has 0 spiro atoms. The van der Waals surface area contributed by atoms with Gasteiger partial charge in [0.25, 0.3) is 0 Å². The number of carboxylic acid groups (broad SMARTS) is 2. The molecule has 53 heavy (non-hydrogen) atoms. The first-order valence-electron chi connectivity index (χ1n) is 16.4. The van der Waals surface area contributed by atoms with E-state index in [0.29, 0.717) is 64.6 Å². The van der Waals surface area contributed by atoms with Crippen molar-refractivity contribution in [3.8, 4) is 33.8 Å². The summed E-state index contributed by atoms with van der Waals surface area (Å²) in [5.74, 6) is -3.46. The monoisotopic (exact) mass is 732 g/mol. The van der Waals surface area contributed by atoms with E-state index < -0.39 is 36.2 Å². The second-order valence-corrected chi connectivity index (χ2v) is 11.4. The average Bonchev–Trinajstić information content (AvgIpc) is 3.11. The summed E-state index contributed by atoms with van der Waals surface area (Å²) >= 11 is 0. The van der Waals surface area contributed by atoms with Gasteiger partial charge < -0.3 is 38.6 Å². The van der Waals surface area contributed by atoms with Crippen molar-refractivity contribution >= 4 is 36.2 Å². The van der Waals surface area contributed by atoms with Gasteiger partial charge in [0.2, 0.25) is 0 Å². The largest absolute Gasteiger partial charge is 0.513 e. The van der Waals surface area contributed by atoms with E-state index in [0.717, 1.165) is 12.2 Å². The van der Waals surface area contributed by atoms with E-state index >= 15 is 0 Å². The minimum absolute atomic E-state index is 0.0271. The third-order valence-corrected chi connectivity index (χ3v) is 7.82. The van der Waals surface area contributed by atoms with Crippen molar-refractivity contribution < 1.29 is 67.4 Å². The number of hydrogen-bond acceptors (Lipinski definition) is 12. The van der Waals surface area contributed by atoms with E-state index in [1.54, 1.807) is 39.0 Å². The van der Waals surface area contributed by atoms with Gasteiger partial charge in [0, 0.05) is 23.3 Å². The van der Waals surface area contributed by atoms with Gasteiger partial charge in [-0.15, -0.1) is 0 Å². The fraction of sp³-hybridized carbons (Fsp3) is 0.282. The van der Waals surface area contributed by atoms with Crippen LogP contribution in [-0.4, -0.2) is 72.8 Å². The Morgan fingerprint density at radius 1 is 0.585 bits per heavy atom. The van der Waals surface area contributed by atoms with Crippen molar-refractivity contribution in [3.05, 3.63) is 95.6 Å². The van der Waals surface area contributed by atoms with Gasteiger partial charge in [0.15, 0.2) is 0 Å². The van der Waals surface area contributed by atoms with E-state index in [1.165, 1.54) is 24.3 Å². The number of esters is 2. The lowest BCUT2D eigenvalue weighted by Gasteiger charge is -2.19. The highest BCUT2D eigenvalue weighted by molar-refractivity contribution is 5.96. The molecule has 2 N–H and O–H groups in total. The third kappa shape index (κ3) is 11.5. The molecule has 0 radical (unpaired) electrons. The number of benzene rings is 3. The van der Waals surface area contributed by atoms with Gasteiger partial charge in [-0.05, 0) is 98.5 Å². The molecule has 3 rings (SSSR count). The van der Waals surface area contributed by atoms with Crippen LogP contribution in [0.25, 0.3) is 22.3 Å². The first-order valence-corrected chi connectivity index (χ1v) is 16.4. The maximum absolute atomic E-state index is 12.7. The van der Waals surface area contributed by atoms with Crippen molar-refractivity contribution in [1.29, 1.82) is 0 Å². The lowest BCUT2D eigenvalue weighted by atomic mass is 9.89. The Hall–Kier alpha value is -6.44. The van der Waals surface area contributed by atoms with Gasteiger partial charge in [-0.3, -0.25) is 0 Å². The average molecular weight is 733 g/mol. The normalized spacial score (nSPS) is 10.4. The summed E-state index contributed by atoms with van der Waals surface area (Å²) in [5.41, 5.74) is 2.67. The van der Waals surface area contributed by atoms with Crippen molar-refractivity contribution in [3.63, 3.8) is 0 Å². The van der Waals surface area contributed by atoms with Crippen LogP contribution >= 0.6 is 0 Å². The molecule has 0 bridgehead atoms. The summed E-state index contributed by atoms with van der Waals surface area (Å²) in [6, 6.07) is 10.3. The highest BCUT2D eigenvalue weighted by Crippen LogP contribution is 2.41. The Bertz CT molecular complexity index is 1890. The van der Waals surface area contributed by atoms with Gasteiger partial charge in [0.1, 0.15) is 11.5 Å². The molecule has 0 aliphatic rings. The summed E-state index contributed by atoms with van der Waals surface area (Å²) in [6.07, 6.45) is 1.64. The highest BCUT2D eigenvalue weighted by Gasteiger charge is 2.23. The summed E-state index contributed by atoms with van der Waals surface area (Å²) in [7, 11) is 0. The first-order chi connectivity index (χ1) is 25.3. The van der Waals surface area contributed by atoms with Crippen LogP contribution in [-0.2, 0) is 28.5 Å². The zero-order chi connectivity index (χ0) is 39.1. The number of aromatic carboxylic acids is 2. The van der Waals surface area contributed by atoms with Gasteiger partial charge in [-0.1, -0.05) is 31.4 Å². The summed E-state index contributed by atoms with van der Waals surface area (Å²) in [6.45, 7) is 11.7. The molecule has 0 atom stereocenters. The van der Waals surface area contributed by atoms with Gasteiger partial charge >= 0.3 is 36.2 Å². The van der Waals surface area contributed by atoms with Crippen molar-refractivity contribution in [2.45, 2.75) is 46.5 Å². The maximum atomic E-state index is 12.7. The standard InChI is InChI=1S/C39H40O14/c1-6-32(40)48-18-8-10-20-50-38(46)52-30-16-14-28(36(42)43)24(4)34(30)26-12-13-27(23(3)22-26)35-25(5)29(37(44)45)15-17-31(35)53-39(47)51-21-11-9-19-49-33(41)7-2/h6-7,12-17,22H,1-2,8-11,18-21H2,3-5H3,(H,42,43)(H,44,45). The Balaban J connectivity index is 1.89. The van der Waals surface area contributed by atoms with Crippen LogP contribution in [0.1, 0.15) is 63.1 Å². The molecular formula is C39H40O14. The molecule has 0 aliphatic heterocycles. The predicted molar refractivity (Wildman–Crippen MR) is 190 cm³/mol. The molecule has 3 aromatic carbocycles. The summed E-state index contributed by atoms with van der Waals surface area (Å²) in [5, 5.41) is 19.7. The van der Waals surface area contributed by atoms with Gasteiger partial charge in [0.05, 0.1) is 37.6 Å². The number of aryl methyl sites for hydroxylation is 1. The molecule has 0 heterocycles. The zero-order valence-electron chi connectivity index (χ0n) is 29.6. The number of hydrogen-bond donors (Lipinski definition) is 2. The minimum Gasteiger partial charge on any atom is -0.478 e. The number of carboxylic acids is 2. The Kier molecular flexibility index (Phi) is 15.3. The fourth-order valence-electron chi connectivity index (χ4n) is 5.22. The van der Waals surface area contributed by atoms with Crippen LogP contribution in [0.2, 0.25) is 0 Å². The van der Waals surface area contributed by atoms with Crippen molar-refractivity contribution in [1.82, 2.24) is 0 Å². The Morgan fingerprint density at radius 3 is 1.42 bits per heavy atom. The second-order valence-electron chi connectivity index (χ2n) is 11.4. The summed E-state index contributed by atoms with van der Waals surface area (Å²) < 4.78 is 31.2. The topological polar surface area (TPSA) is 198 Å². The number of rotatable bonds is 18. The van der Waals surface area contributed by atoms with Crippen LogP contribution < -0.4 is 9.47 Å². The molecule has 0 aliphatic carbocycles. The van der Waals surface area contributed by atoms with E-state index in [9.17, 15) is 39.0 Å². The molecule has 280 valence electrons. The van der Waals surface area contributed by atoms with Crippen LogP contribution in [0.3, 0.4) is 0 Å². The smallest absolute Gasteiger partial charge is 0.478 e. The zero-order valence-corrected chi connectivity index (χ0v) is 29.6. The lowest BCUT2D eigenvalue weighted by molar-refractivity contribution is -0.138. The first kappa shape index (κ1) is 41.0. The van der Waals surface area contributed by atoms with Crippen LogP contribution in [0.5, 0.6) is 11.5 Å². The molecule has 0 aromatic heterocycles. The van der Waals surface area contributed by atoms with E-state index in [4.69, 9.17) is 28.4 Å². The highest BCUT2D eigenvalue weighted by atomic mass is 16.7. The Morgan fingerprint density at radius 2 is 1.00 bits per heavy atom. The fourth-order valence-corrected chi connectivity index (χ4v) is 5.22. The number of carbonyl (C=O) groups is 6. The van der Waals surface area contributed by atoms with Crippen LogP contribution in [0.4, 0.5) is 9.59 Å². The number of ether oxygens (including phenoxy) is 6. The maximum Gasteiger partial charge on any atom is 0.513 e. The van der Waals surface area contributed by atoms with Crippen molar-refractivity contribution in [2.75, 3.05) is 26.4 Å². The second kappa shape index (κ2) is 19.8. The molecular weight excluding hydrogens is 692 g/mol. The molecule has 0 amide bonds. The predicted octanol–water partition coefficient (Wildman–Crippen LogP) is 7.39. The van der Waals surface area contributed by atoms with E-state index in [-0.39, 0.29) is 49.1 Å². The molecule has 14 heteroatoms. The van der Waals surface area contributed by atoms with Crippen LogP contribution in [0.15, 0.2) is 67.8 Å². The van der Waals surface area contributed by atoms with Gasteiger partial charge in [-0.2, -0.15) is 0 Å². The number of unbranched alkanes of at least 4 members (excludes halogenated alkanes) is 2. The summed E-state index contributed by atoms with van der Waals surface area (Å²) in [4.78, 5) is 71.7. The quantitative estimate of drug-likeness (QED) is 0.0431. The molecule has 14 nitrogen and oxygen atoms in total. The molecule has 0 unspecified atom stereocenters. The molecule has 0 saturated heterocycles. The molecule has 0 fully saturated rings. The minimum atomic E-state index is -1.20. The van der Waals surface area contributed by atoms with Crippen LogP contribution in [0, 0.1) is 20.8 Å². The van der Waals surface area contributed by atoms with E-state index in [2.05, 4.69) is 13.2 Å². The SMILES string of the molecule is C=CC(=O)OCCCCOC(=O)Oc1ccc(C(=O)O)c(C)c1-c1ccc(-c2c(OC(=O)OCCCCOC(=O)C=C)ccc(C(=O)O)c2C)c(C)c1. The molecule has 0 saturated carbocycles. The van der Waals surface area contributed by atoms with Crippen molar-refractivity contribution in [2.24, 2.45) is 0 Å². The third-order valence-electron chi connectivity index (χ3n) is 7.82.